The lowest BCUT2D eigenvalue weighted by molar-refractivity contribution is 0.346. The zero-order valence-corrected chi connectivity index (χ0v) is 11.5. The summed E-state index contributed by atoms with van der Waals surface area (Å²) in [5.41, 5.74) is 6.69. The van der Waals surface area contributed by atoms with Gasteiger partial charge in [-0.1, -0.05) is 19.8 Å². The first-order chi connectivity index (χ1) is 9.63. The summed E-state index contributed by atoms with van der Waals surface area (Å²) in [6, 6.07) is 4.40. The van der Waals surface area contributed by atoms with E-state index in [9.17, 15) is 4.39 Å². The van der Waals surface area contributed by atoms with Gasteiger partial charge in [0.25, 0.3) is 0 Å². The predicted molar refractivity (Wildman–Crippen MR) is 74.1 cm³/mol. The highest BCUT2D eigenvalue weighted by Crippen LogP contribution is 2.33. The topological polar surface area (TPSA) is 69.6 Å². The minimum atomic E-state index is -0.371. The van der Waals surface area contributed by atoms with Gasteiger partial charge in [0, 0.05) is 17.8 Å². The zero-order chi connectivity index (χ0) is 14.1. The van der Waals surface area contributed by atoms with Crippen molar-refractivity contribution in [3.05, 3.63) is 24.0 Å². The number of tetrazole rings is 1. The summed E-state index contributed by atoms with van der Waals surface area (Å²) in [5, 5.41) is 11.8. The molecule has 5 nitrogen and oxygen atoms in total. The van der Waals surface area contributed by atoms with Gasteiger partial charge in [0.2, 0.25) is 0 Å². The molecule has 2 N–H and O–H groups in total. The van der Waals surface area contributed by atoms with Gasteiger partial charge in [-0.3, -0.25) is 0 Å². The lowest BCUT2D eigenvalue weighted by atomic mass is 9.98. The van der Waals surface area contributed by atoms with Crippen LogP contribution in [0.25, 0.3) is 11.4 Å². The number of anilines is 1. The van der Waals surface area contributed by atoms with Crippen LogP contribution >= 0.6 is 0 Å². The Morgan fingerprint density at radius 1 is 1.35 bits per heavy atom. The molecule has 1 aliphatic carbocycles. The SMILES string of the molecule is CC1CCCC1Cn1nnnc1-c1cc(N)cc(F)c1. The van der Waals surface area contributed by atoms with E-state index in [1.54, 1.807) is 10.7 Å². The highest BCUT2D eigenvalue weighted by molar-refractivity contribution is 5.61. The smallest absolute Gasteiger partial charge is 0.182 e. The molecular weight excluding hydrogens is 257 g/mol. The van der Waals surface area contributed by atoms with E-state index in [0.29, 0.717) is 28.9 Å². The van der Waals surface area contributed by atoms with Gasteiger partial charge < -0.3 is 5.73 Å². The van der Waals surface area contributed by atoms with Crippen molar-refractivity contribution in [3.63, 3.8) is 0 Å². The van der Waals surface area contributed by atoms with Crippen LogP contribution in [0, 0.1) is 17.7 Å². The van der Waals surface area contributed by atoms with E-state index in [2.05, 4.69) is 22.4 Å². The Hall–Kier alpha value is -1.98. The van der Waals surface area contributed by atoms with Crippen LogP contribution in [0.15, 0.2) is 18.2 Å². The molecule has 2 aromatic rings. The Morgan fingerprint density at radius 3 is 2.90 bits per heavy atom. The number of benzene rings is 1. The van der Waals surface area contributed by atoms with Crippen LogP contribution in [-0.4, -0.2) is 20.2 Å². The maximum Gasteiger partial charge on any atom is 0.182 e. The Balaban J connectivity index is 1.89. The van der Waals surface area contributed by atoms with Gasteiger partial charge >= 0.3 is 0 Å². The number of hydrogen-bond donors (Lipinski definition) is 1. The van der Waals surface area contributed by atoms with E-state index in [1.807, 2.05) is 0 Å². The molecule has 0 saturated heterocycles. The van der Waals surface area contributed by atoms with E-state index in [1.165, 1.54) is 31.4 Å². The first-order valence-electron chi connectivity index (χ1n) is 6.96. The fraction of sp³-hybridized carbons (Fsp3) is 0.500. The summed E-state index contributed by atoms with van der Waals surface area (Å²) in [4.78, 5) is 0. The molecule has 0 bridgehead atoms. The van der Waals surface area contributed by atoms with Gasteiger partial charge in [-0.2, -0.15) is 0 Å². The summed E-state index contributed by atoms with van der Waals surface area (Å²) < 4.78 is 15.2. The number of hydrogen-bond acceptors (Lipinski definition) is 4. The maximum atomic E-state index is 13.5. The quantitative estimate of drug-likeness (QED) is 0.874. The van der Waals surface area contributed by atoms with Crippen LogP contribution < -0.4 is 5.73 Å². The van der Waals surface area contributed by atoms with E-state index in [0.717, 1.165) is 6.54 Å². The minimum Gasteiger partial charge on any atom is -0.399 e. The van der Waals surface area contributed by atoms with Crippen molar-refractivity contribution in [2.24, 2.45) is 11.8 Å². The van der Waals surface area contributed by atoms with Gasteiger partial charge in [-0.05, 0) is 46.9 Å². The fourth-order valence-electron chi connectivity index (χ4n) is 2.99. The third kappa shape index (κ3) is 2.50. The molecule has 1 aromatic heterocycles. The van der Waals surface area contributed by atoms with Crippen molar-refractivity contribution in [1.82, 2.24) is 20.2 Å². The third-order valence-corrected chi connectivity index (χ3v) is 4.16. The monoisotopic (exact) mass is 275 g/mol. The molecule has 1 heterocycles. The summed E-state index contributed by atoms with van der Waals surface area (Å²) in [6.45, 7) is 3.04. The molecule has 1 fully saturated rings. The Morgan fingerprint density at radius 2 is 2.20 bits per heavy atom. The van der Waals surface area contributed by atoms with Gasteiger partial charge in [-0.15, -0.1) is 5.10 Å². The van der Waals surface area contributed by atoms with Crippen LogP contribution in [0.1, 0.15) is 26.2 Å². The van der Waals surface area contributed by atoms with Crippen LogP contribution in [0.4, 0.5) is 10.1 Å². The number of nitrogens with zero attached hydrogens (tertiary/aromatic N) is 4. The molecule has 1 aliphatic rings. The summed E-state index contributed by atoms with van der Waals surface area (Å²) in [5.74, 6) is 1.48. The second-order valence-electron chi connectivity index (χ2n) is 5.63. The van der Waals surface area contributed by atoms with E-state index >= 15 is 0 Å². The second kappa shape index (κ2) is 5.19. The first-order valence-corrected chi connectivity index (χ1v) is 6.96. The normalized spacial score (nSPS) is 22.3. The molecule has 0 aliphatic heterocycles. The summed E-state index contributed by atoms with van der Waals surface area (Å²) in [7, 11) is 0. The largest absolute Gasteiger partial charge is 0.399 e. The third-order valence-electron chi connectivity index (χ3n) is 4.16. The molecular formula is C14H18FN5. The van der Waals surface area contributed by atoms with Crippen molar-refractivity contribution >= 4 is 5.69 Å². The van der Waals surface area contributed by atoms with Gasteiger partial charge in [-0.25, -0.2) is 9.07 Å². The molecule has 2 unspecified atom stereocenters. The van der Waals surface area contributed by atoms with Crippen molar-refractivity contribution in [2.75, 3.05) is 5.73 Å². The second-order valence-corrected chi connectivity index (χ2v) is 5.63. The van der Waals surface area contributed by atoms with Crippen LogP contribution in [-0.2, 0) is 6.54 Å². The van der Waals surface area contributed by atoms with E-state index < -0.39 is 0 Å². The number of aromatic nitrogens is 4. The van der Waals surface area contributed by atoms with E-state index in [4.69, 9.17) is 5.73 Å². The molecule has 106 valence electrons. The van der Waals surface area contributed by atoms with Crippen molar-refractivity contribution in [1.29, 1.82) is 0 Å². The van der Waals surface area contributed by atoms with Gasteiger partial charge in [0.05, 0.1) is 0 Å². The van der Waals surface area contributed by atoms with Crippen LogP contribution in [0.3, 0.4) is 0 Å². The Bertz CT molecular complexity index is 589. The number of rotatable bonds is 3. The molecule has 3 rings (SSSR count). The predicted octanol–water partition coefficient (Wildman–Crippen LogP) is 2.50. The minimum absolute atomic E-state index is 0.371. The average Bonchev–Trinajstić information content (AvgIpc) is 2.99. The van der Waals surface area contributed by atoms with Crippen molar-refractivity contribution in [3.8, 4) is 11.4 Å². The summed E-state index contributed by atoms with van der Waals surface area (Å²) >= 11 is 0. The molecule has 2 atom stereocenters. The van der Waals surface area contributed by atoms with Crippen LogP contribution in [0.2, 0.25) is 0 Å². The lowest BCUT2D eigenvalue weighted by Gasteiger charge is -2.15. The van der Waals surface area contributed by atoms with Gasteiger partial charge in [0.15, 0.2) is 5.82 Å². The zero-order valence-electron chi connectivity index (χ0n) is 11.5. The fourth-order valence-corrected chi connectivity index (χ4v) is 2.99. The number of nitrogens with two attached hydrogens (primary N) is 1. The maximum absolute atomic E-state index is 13.5. The number of nitrogen functional groups attached to an aromatic ring is 1. The van der Waals surface area contributed by atoms with Crippen LogP contribution in [0.5, 0.6) is 0 Å². The average molecular weight is 275 g/mol. The summed E-state index contributed by atoms with van der Waals surface area (Å²) in [6.07, 6.45) is 3.72. The van der Waals surface area contributed by atoms with E-state index in [-0.39, 0.29) is 5.82 Å². The Labute approximate surface area is 117 Å². The lowest BCUT2D eigenvalue weighted by Crippen LogP contribution is -2.15. The standard InChI is InChI=1S/C14H18FN5/c1-9-3-2-4-10(9)8-20-14(17-18-19-20)11-5-12(15)7-13(16)6-11/h5-7,9-10H,2-4,8,16H2,1H3. The van der Waals surface area contributed by atoms with Crippen molar-refractivity contribution in [2.45, 2.75) is 32.7 Å². The highest BCUT2D eigenvalue weighted by Gasteiger charge is 2.25. The number of halogens is 1. The highest BCUT2D eigenvalue weighted by atomic mass is 19.1. The first kappa shape index (κ1) is 13.0. The molecule has 1 aromatic carbocycles. The molecule has 0 radical (unpaired) electrons. The van der Waals surface area contributed by atoms with Gasteiger partial charge in [0.1, 0.15) is 5.82 Å². The molecule has 0 amide bonds. The van der Waals surface area contributed by atoms with Crippen molar-refractivity contribution < 1.29 is 4.39 Å². The molecule has 0 spiro atoms. The molecule has 20 heavy (non-hydrogen) atoms. The molecule has 1 saturated carbocycles. The Kier molecular flexibility index (Phi) is 3.38. The molecule has 6 heteroatoms.